The van der Waals surface area contributed by atoms with Gasteiger partial charge in [0.15, 0.2) is 16.2 Å². The maximum absolute atomic E-state index is 12.3. The molecule has 9 heteroatoms. The number of ether oxygens (including phenoxy) is 2. The van der Waals surface area contributed by atoms with Crippen molar-refractivity contribution in [3.63, 3.8) is 0 Å². The second kappa shape index (κ2) is 7.32. The van der Waals surface area contributed by atoms with Crippen LogP contribution in [-0.4, -0.2) is 27.5 Å². The summed E-state index contributed by atoms with van der Waals surface area (Å²) in [6, 6.07) is 7.49. The van der Waals surface area contributed by atoms with Gasteiger partial charge in [-0.15, -0.1) is 0 Å². The number of furan rings is 1. The molecule has 2 aromatic rings. The lowest BCUT2D eigenvalue weighted by atomic mass is 10.3. The molecule has 0 atom stereocenters. The van der Waals surface area contributed by atoms with Crippen molar-refractivity contribution in [2.75, 3.05) is 13.2 Å². The van der Waals surface area contributed by atoms with Gasteiger partial charge in [0.2, 0.25) is 0 Å². The van der Waals surface area contributed by atoms with Crippen LogP contribution in [0.5, 0.6) is 11.5 Å². The van der Waals surface area contributed by atoms with Gasteiger partial charge < -0.3 is 13.9 Å². The SMILES string of the molecule is O=C(/C=C/c1ccc(Br)o1)NS(=O)(=O)c1ccc2c(c1)OCCCO2. The van der Waals surface area contributed by atoms with Gasteiger partial charge in [0, 0.05) is 18.6 Å². The van der Waals surface area contributed by atoms with E-state index in [1.165, 1.54) is 24.3 Å². The third kappa shape index (κ3) is 4.43. The van der Waals surface area contributed by atoms with Gasteiger partial charge in [0.25, 0.3) is 15.9 Å². The zero-order chi connectivity index (χ0) is 17.9. The highest BCUT2D eigenvalue weighted by Gasteiger charge is 2.20. The van der Waals surface area contributed by atoms with Crippen molar-refractivity contribution < 1.29 is 27.1 Å². The van der Waals surface area contributed by atoms with E-state index < -0.39 is 15.9 Å². The van der Waals surface area contributed by atoms with Crippen molar-refractivity contribution in [2.24, 2.45) is 0 Å². The molecule has 0 radical (unpaired) electrons. The number of nitrogens with one attached hydrogen (secondary N) is 1. The fourth-order valence-electron chi connectivity index (χ4n) is 2.11. The van der Waals surface area contributed by atoms with E-state index in [-0.39, 0.29) is 4.90 Å². The maximum atomic E-state index is 12.3. The highest BCUT2D eigenvalue weighted by Crippen LogP contribution is 2.31. The highest BCUT2D eigenvalue weighted by atomic mass is 79.9. The van der Waals surface area contributed by atoms with Crippen molar-refractivity contribution in [1.82, 2.24) is 4.72 Å². The molecular weight excluding hydrogens is 414 g/mol. The molecule has 1 aromatic heterocycles. The Balaban J connectivity index is 1.74. The summed E-state index contributed by atoms with van der Waals surface area (Å²) < 4.78 is 43.3. The van der Waals surface area contributed by atoms with E-state index >= 15 is 0 Å². The second-order valence-electron chi connectivity index (χ2n) is 5.10. The topological polar surface area (TPSA) is 94.8 Å². The molecule has 0 saturated heterocycles. The maximum Gasteiger partial charge on any atom is 0.264 e. The van der Waals surface area contributed by atoms with Crippen LogP contribution in [0.2, 0.25) is 0 Å². The van der Waals surface area contributed by atoms with E-state index in [9.17, 15) is 13.2 Å². The van der Waals surface area contributed by atoms with Crippen molar-refractivity contribution in [3.05, 3.63) is 46.8 Å². The van der Waals surface area contributed by atoms with Gasteiger partial charge in [0.05, 0.1) is 18.1 Å². The Hall–Kier alpha value is -2.26. The number of hydrogen-bond donors (Lipinski definition) is 1. The molecule has 0 bridgehead atoms. The van der Waals surface area contributed by atoms with Gasteiger partial charge >= 0.3 is 0 Å². The Morgan fingerprint density at radius 3 is 2.60 bits per heavy atom. The minimum Gasteiger partial charge on any atom is -0.490 e. The molecule has 7 nitrogen and oxygen atoms in total. The Morgan fingerprint density at radius 1 is 1.12 bits per heavy atom. The number of rotatable bonds is 4. The minimum absolute atomic E-state index is 0.0840. The molecule has 0 fully saturated rings. The van der Waals surface area contributed by atoms with E-state index in [0.29, 0.717) is 41.6 Å². The van der Waals surface area contributed by atoms with Crippen LogP contribution in [0.3, 0.4) is 0 Å². The Labute approximate surface area is 152 Å². The molecule has 1 aromatic carbocycles. The molecule has 0 unspecified atom stereocenters. The third-order valence-electron chi connectivity index (χ3n) is 3.26. The highest BCUT2D eigenvalue weighted by molar-refractivity contribution is 9.10. The summed E-state index contributed by atoms with van der Waals surface area (Å²) in [5.74, 6) is 0.435. The lowest BCUT2D eigenvalue weighted by molar-refractivity contribution is -0.114. The first kappa shape index (κ1) is 17.6. The molecule has 1 aliphatic rings. The Kier molecular flexibility index (Phi) is 5.14. The molecule has 1 amide bonds. The summed E-state index contributed by atoms with van der Waals surface area (Å²) in [7, 11) is -4.03. The number of carbonyl (C=O) groups excluding carboxylic acids is 1. The van der Waals surface area contributed by atoms with Crippen LogP contribution in [0.1, 0.15) is 12.2 Å². The predicted molar refractivity (Wildman–Crippen MR) is 92.8 cm³/mol. The number of amides is 1. The molecule has 1 N–H and O–H groups in total. The fourth-order valence-corrected chi connectivity index (χ4v) is 3.39. The third-order valence-corrected chi connectivity index (χ3v) is 5.03. The lowest BCUT2D eigenvalue weighted by Gasteiger charge is -2.10. The smallest absolute Gasteiger partial charge is 0.264 e. The average molecular weight is 428 g/mol. The number of carbonyl (C=O) groups is 1. The monoisotopic (exact) mass is 427 g/mol. The normalized spacial score (nSPS) is 14.3. The first-order valence-corrected chi connectivity index (χ1v) is 9.61. The summed E-state index contributed by atoms with van der Waals surface area (Å²) in [6.45, 7) is 0.938. The number of halogens is 1. The Morgan fingerprint density at radius 2 is 1.88 bits per heavy atom. The van der Waals surface area contributed by atoms with Gasteiger partial charge in [-0.05, 0) is 46.3 Å². The van der Waals surface area contributed by atoms with Crippen molar-refractivity contribution in [1.29, 1.82) is 0 Å². The number of sulfonamides is 1. The zero-order valence-electron chi connectivity index (χ0n) is 12.9. The van der Waals surface area contributed by atoms with Crippen LogP contribution < -0.4 is 14.2 Å². The predicted octanol–water partition coefficient (Wildman–Crippen LogP) is 2.72. The van der Waals surface area contributed by atoms with Crippen molar-refractivity contribution in [3.8, 4) is 11.5 Å². The van der Waals surface area contributed by atoms with Crippen molar-refractivity contribution >= 4 is 37.9 Å². The summed E-state index contributed by atoms with van der Waals surface area (Å²) in [5, 5.41) is 0. The number of hydrogen-bond acceptors (Lipinski definition) is 6. The van der Waals surface area contributed by atoms with Crippen LogP contribution in [-0.2, 0) is 14.8 Å². The second-order valence-corrected chi connectivity index (χ2v) is 7.57. The first-order valence-electron chi connectivity index (χ1n) is 7.34. The molecule has 3 rings (SSSR count). The molecule has 132 valence electrons. The van der Waals surface area contributed by atoms with Crippen LogP contribution >= 0.6 is 15.9 Å². The fraction of sp³-hybridized carbons (Fsp3) is 0.188. The van der Waals surface area contributed by atoms with Crippen LogP contribution in [0.4, 0.5) is 0 Å². The summed E-state index contributed by atoms with van der Waals surface area (Å²) in [6.07, 6.45) is 3.15. The van der Waals surface area contributed by atoms with Crippen LogP contribution in [0.25, 0.3) is 6.08 Å². The number of benzene rings is 1. The minimum atomic E-state index is -4.03. The molecule has 0 spiro atoms. The van der Waals surface area contributed by atoms with Crippen molar-refractivity contribution in [2.45, 2.75) is 11.3 Å². The molecule has 25 heavy (non-hydrogen) atoms. The summed E-state index contributed by atoms with van der Waals surface area (Å²) >= 11 is 3.14. The zero-order valence-corrected chi connectivity index (χ0v) is 15.3. The standard InChI is InChI=1S/C16H14BrNO6S/c17-15-6-2-11(24-15)3-7-16(19)18-25(20,21)12-4-5-13-14(10-12)23-9-1-8-22-13/h2-7,10H,1,8-9H2,(H,18,19)/b7-3+. The summed E-state index contributed by atoms with van der Waals surface area (Å²) in [5.41, 5.74) is 0. The molecule has 0 saturated carbocycles. The van der Waals surface area contributed by atoms with E-state index in [4.69, 9.17) is 13.9 Å². The molecule has 1 aliphatic heterocycles. The van der Waals surface area contributed by atoms with Gasteiger partial charge in [0.1, 0.15) is 5.76 Å². The van der Waals surface area contributed by atoms with Crippen LogP contribution in [0, 0.1) is 0 Å². The van der Waals surface area contributed by atoms with E-state index in [2.05, 4.69) is 15.9 Å². The van der Waals surface area contributed by atoms with Gasteiger partial charge in [-0.1, -0.05) is 0 Å². The summed E-state index contributed by atoms with van der Waals surface area (Å²) in [4.78, 5) is 11.8. The lowest BCUT2D eigenvalue weighted by Crippen LogP contribution is -2.29. The molecule has 2 heterocycles. The molecular formula is C16H14BrNO6S. The van der Waals surface area contributed by atoms with E-state index in [1.807, 2.05) is 4.72 Å². The van der Waals surface area contributed by atoms with Crippen LogP contribution in [0.15, 0.2) is 50.4 Å². The first-order chi connectivity index (χ1) is 11.9. The number of fused-ring (bicyclic) bond motifs is 1. The Bertz CT molecular complexity index is 918. The van der Waals surface area contributed by atoms with Gasteiger partial charge in [-0.3, -0.25) is 4.79 Å². The van der Waals surface area contributed by atoms with E-state index in [1.54, 1.807) is 12.1 Å². The van der Waals surface area contributed by atoms with E-state index in [0.717, 1.165) is 6.08 Å². The molecule has 0 aliphatic carbocycles. The quantitative estimate of drug-likeness (QED) is 0.753. The van der Waals surface area contributed by atoms with Gasteiger partial charge in [-0.2, -0.15) is 0 Å². The average Bonchev–Trinajstić information content (AvgIpc) is 2.84. The van der Waals surface area contributed by atoms with Gasteiger partial charge in [-0.25, -0.2) is 13.1 Å². The largest absolute Gasteiger partial charge is 0.490 e.